The molecule has 0 atom stereocenters. The second kappa shape index (κ2) is 8.64. The number of piperidine rings is 1. The Labute approximate surface area is 148 Å². The normalized spacial score (nSPS) is 19.2. The maximum atomic E-state index is 12.4. The van der Waals surface area contributed by atoms with Crippen molar-refractivity contribution in [3.63, 3.8) is 0 Å². The lowest BCUT2D eigenvalue weighted by atomic mass is 10.1. The SMILES string of the molecule is NC(=NCCC(=O)N1CCN(c2ncccn2)CC1)N1CCCCC1. The molecule has 8 heteroatoms. The van der Waals surface area contributed by atoms with E-state index in [2.05, 4.69) is 24.8 Å². The molecular weight excluding hydrogens is 318 g/mol. The van der Waals surface area contributed by atoms with Gasteiger partial charge in [-0.05, 0) is 25.3 Å². The first-order valence-electron chi connectivity index (χ1n) is 9.08. The number of likely N-dealkylation sites (tertiary alicyclic amines) is 1. The Morgan fingerprint density at radius 3 is 2.36 bits per heavy atom. The zero-order valence-corrected chi connectivity index (χ0v) is 14.7. The first-order chi connectivity index (χ1) is 12.2. The minimum absolute atomic E-state index is 0.142. The van der Waals surface area contributed by atoms with E-state index in [1.165, 1.54) is 19.3 Å². The highest BCUT2D eigenvalue weighted by Crippen LogP contribution is 2.11. The van der Waals surface area contributed by atoms with Gasteiger partial charge in [-0.3, -0.25) is 9.79 Å². The van der Waals surface area contributed by atoms with E-state index in [0.29, 0.717) is 32.0 Å². The lowest BCUT2D eigenvalue weighted by molar-refractivity contribution is -0.131. The molecule has 1 aromatic rings. The Morgan fingerprint density at radius 1 is 1.00 bits per heavy atom. The van der Waals surface area contributed by atoms with E-state index in [9.17, 15) is 4.79 Å². The van der Waals surface area contributed by atoms with Gasteiger partial charge in [-0.15, -0.1) is 0 Å². The smallest absolute Gasteiger partial charge is 0.225 e. The fraction of sp³-hybridized carbons (Fsp3) is 0.647. The number of carbonyl (C=O) groups excluding carboxylic acids is 1. The fourth-order valence-electron chi connectivity index (χ4n) is 3.26. The summed E-state index contributed by atoms with van der Waals surface area (Å²) >= 11 is 0. The van der Waals surface area contributed by atoms with Gasteiger partial charge in [0.1, 0.15) is 0 Å². The summed E-state index contributed by atoms with van der Waals surface area (Å²) in [6.45, 7) is 5.33. The summed E-state index contributed by atoms with van der Waals surface area (Å²) in [5.41, 5.74) is 6.03. The standard InChI is InChI=1S/C17H27N7O/c18-16(23-9-2-1-3-10-23)19-8-5-15(25)22-11-13-24(14-12-22)17-20-6-4-7-21-17/h4,6-7H,1-3,5,8-14H2,(H2,18,19). The molecule has 2 aliphatic rings. The van der Waals surface area contributed by atoms with Crippen molar-refractivity contribution < 1.29 is 4.79 Å². The van der Waals surface area contributed by atoms with Gasteiger partial charge in [0, 0.05) is 58.1 Å². The van der Waals surface area contributed by atoms with E-state index < -0.39 is 0 Å². The highest BCUT2D eigenvalue weighted by molar-refractivity contribution is 5.79. The van der Waals surface area contributed by atoms with Gasteiger partial charge in [-0.1, -0.05) is 0 Å². The number of rotatable bonds is 4. The van der Waals surface area contributed by atoms with Crippen LogP contribution in [-0.4, -0.2) is 77.4 Å². The number of aromatic nitrogens is 2. The number of anilines is 1. The molecule has 2 saturated heterocycles. The third kappa shape index (κ3) is 4.80. The summed E-state index contributed by atoms with van der Waals surface area (Å²) in [6, 6.07) is 1.80. The summed E-state index contributed by atoms with van der Waals surface area (Å²) in [4.78, 5) is 31.4. The van der Waals surface area contributed by atoms with Gasteiger partial charge in [0.05, 0.1) is 6.54 Å². The third-order valence-electron chi connectivity index (χ3n) is 4.75. The monoisotopic (exact) mass is 345 g/mol. The highest BCUT2D eigenvalue weighted by Gasteiger charge is 2.22. The highest BCUT2D eigenvalue weighted by atomic mass is 16.2. The molecule has 2 aliphatic heterocycles. The molecule has 136 valence electrons. The summed E-state index contributed by atoms with van der Waals surface area (Å²) in [6.07, 6.45) is 7.50. The maximum Gasteiger partial charge on any atom is 0.225 e. The van der Waals surface area contributed by atoms with Gasteiger partial charge in [0.2, 0.25) is 11.9 Å². The van der Waals surface area contributed by atoms with Crippen molar-refractivity contribution in [2.24, 2.45) is 10.7 Å². The van der Waals surface area contributed by atoms with Gasteiger partial charge < -0.3 is 20.4 Å². The van der Waals surface area contributed by atoms with Crippen LogP contribution in [0.1, 0.15) is 25.7 Å². The summed E-state index contributed by atoms with van der Waals surface area (Å²) < 4.78 is 0. The Kier molecular flexibility index (Phi) is 6.03. The lowest BCUT2D eigenvalue weighted by Gasteiger charge is -2.34. The van der Waals surface area contributed by atoms with Crippen LogP contribution >= 0.6 is 0 Å². The maximum absolute atomic E-state index is 12.4. The summed E-state index contributed by atoms with van der Waals surface area (Å²) in [7, 11) is 0. The molecule has 1 amide bonds. The number of hydrogen-bond acceptors (Lipinski definition) is 5. The first-order valence-corrected chi connectivity index (χ1v) is 9.08. The molecule has 0 aromatic carbocycles. The average molecular weight is 345 g/mol. The third-order valence-corrected chi connectivity index (χ3v) is 4.75. The van der Waals surface area contributed by atoms with Crippen molar-refractivity contribution in [2.45, 2.75) is 25.7 Å². The topological polar surface area (TPSA) is 90.9 Å². The molecule has 25 heavy (non-hydrogen) atoms. The molecular formula is C17H27N7O. The number of carbonyl (C=O) groups is 1. The van der Waals surface area contributed by atoms with Crippen LogP contribution in [0.5, 0.6) is 0 Å². The molecule has 0 bridgehead atoms. The van der Waals surface area contributed by atoms with Gasteiger partial charge in [-0.25, -0.2) is 9.97 Å². The van der Waals surface area contributed by atoms with E-state index >= 15 is 0 Å². The molecule has 0 unspecified atom stereocenters. The fourth-order valence-corrected chi connectivity index (χ4v) is 3.26. The van der Waals surface area contributed by atoms with E-state index in [4.69, 9.17) is 5.73 Å². The number of piperazine rings is 1. The Morgan fingerprint density at radius 2 is 1.68 bits per heavy atom. The molecule has 0 spiro atoms. The molecule has 0 aliphatic carbocycles. The second-order valence-electron chi connectivity index (χ2n) is 6.45. The average Bonchev–Trinajstić information content (AvgIpc) is 2.69. The second-order valence-corrected chi connectivity index (χ2v) is 6.45. The molecule has 3 rings (SSSR count). The van der Waals surface area contributed by atoms with Crippen LogP contribution in [-0.2, 0) is 4.79 Å². The van der Waals surface area contributed by atoms with Crippen molar-refractivity contribution in [1.29, 1.82) is 0 Å². The van der Waals surface area contributed by atoms with E-state index in [-0.39, 0.29) is 5.91 Å². The molecule has 2 N–H and O–H groups in total. The van der Waals surface area contributed by atoms with E-state index in [0.717, 1.165) is 32.1 Å². The van der Waals surface area contributed by atoms with Gasteiger partial charge >= 0.3 is 0 Å². The van der Waals surface area contributed by atoms with Crippen molar-refractivity contribution in [1.82, 2.24) is 19.8 Å². The molecule has 2 fully saturated rings. The number of amides is 1. The molecule has 1 aromatic heterocycles. The van der Waals surface area contributed by atoms with Crippen LogP contribution in [0.2, 0.25) is 0 Å². The van der Waals surface area contributed by atoms with E-state index in [1.54, 1.807) is 18.5 Å². The zero-order valence-electron chi connectivity index (χ0n) is 14.7. The minimum Gasteiger partial charge on any atom is -0.370 e. The molecule has 3 heterocycles. The van der Waals surface area contributed by atoms with Gasteiger partial charge in [-0.2, -0.15) is 0 Å². The van der Waals surface area contributed by atoms with Crippen LogP contribution in [0.3, 0.4) is 0 Å². The van der Waals surface area contributed by atoms with Crippen molar-refractivity contribution in [3.05, 3.63) is 18.5 Å². The molecule has 8 nitrogen and oxygen atoms in total. The van der Waals surface area contributed by atoms with Crippen LogP contribution in [0, 0.1) is 0 Å². The number of guanidine groups is 1. The number of nitrogens with two attached hydrogens (primary N) is 1. The number of nitrogens with zero attached hydrogens (tertiary/aromatic N) is 6. The summed E-state index contributed by atoms with van der Waals surface area (Å²) in [5, 5.41) is 0. The van der Waals surface area contributed by atoms with E-state index in [1.807, 2.05) is 4.90 Å². The van der Waals surface area contributed by atoms with Crippen molar-refractivity contribution in [2.75, 3.05) is 50.7 Å². The van der Waals surface area contributed by atoms with Gasteiger partial charge in [0.15, 0.2) is 5.96 Å². The molecule has 0 saturated carbocycles. The van der Waals surface area contributed by atoms with Crippen molar-refractivity contribution >= 4 is 17.8 Å². The van der Waals surface area contributed by atoms with Gasteiger partial charge in [0.25, 0.3) is 0 Å². The minimum atomic E-state index is 0.142. The zero-order chi connectivity index (χ0) is 17.5. The van der Waals surface area contributed by atoms with Crippen LogP contribution in [0.25, 0.3) is 0 Å². The first kappa shape index (κ1) is 17.4. The number of hydrogen-bond donors (Lipinski definition) is 1. The van der Waals surface area contributed by atoms with Crippen LogP contribution in [0.15, 0.2) is 23.5 Å². The Hall–Kier alpha value is -2.38. The van der Waals surface area contributed by atoms with Crippen LogP contribution < -0.4 is 10.6 Å². The lowest BCUT2D eigenvalue weighted by Crippen LogP contribution is -2.49. The quantitative estimate of drug-likeness (QED) is 0.624. The Balaban J connectivity index is 1.40. The predicted molar refractivity (Wildman–Crippen MR) is 97.4 cm³/mol. The Bertz CT molecular complexity index is 578. The van der Waals surface area contributed by atoms with Crippen molar-refractivity contribution in [3.8, 4) is 0 Å². The summed E-state index contributed by atoms with van der Waals surface area (Å²) in [5.74, 6) is 1.45. The number of aliphatic imine (C=N–C) groups is 1. The molecule has 0 radical (unpaired) electrons. The largest absolute Gasteiger partial charge is 0.370 e. The predicted octanol–water partition coefficient (Wildman–Crippen LogP) is 0.316. The van der Waals surface area contributed by atoms with Crippen LogP contribution in [0.4, 0.5) is 5.95 Å².